The number of nitrogen functional groups attached to an aromatic ring is 1. The van der Waals surface area contributed by atoms with Crippen molar-refractivity contribution in [3.05, 3.63) is 29.8 Å². The third-order valence-electron chi connectivity index (χ3n) is 1.60. The number of rotatable bonds is 3. The van der Waals surface area contributed by atoms with E-state index in [1.165, 1.54) is 0 Å². The van der Waals surface area contributed by atoms with E-state index in [1.54, 1.807) is 13.2 Å². The molecule has 0 aliphatic carbocycles. The second kappa shape index (κ2) is 4.82. The van der Waals surface area contributed by atoms with Crippen molar-refractivity contribution >= 4 is 24.4 Å². The van der Waals surface area contributed by atoms with Crippen molar-refractivity contribution in [1.29, 1.82) is 0 Å². The molecule has 1 rings (SSSR count). The molecular formula is C10H13NOS. The molecule has 0 bridgehead atoms. The number of thiol groups is 1. The van der Waals surface area contributed by atoms with Gasteiger partial charge in [0.2, 0.25) is 0 Å². The third kappa shape index (κ3) is 3.03. The van der Waals surface area contributed by atoms with Crippen LogP contribution in [0.1, 0.15) is 5.56 Å². The van der Waals surface area contributed by atoms with E-state index in [4.69, 9.17) is 10.5 Å². The van der Waals surface area contributed by atoms with E-state index in [-0.39, 0.29) is 0 Å². The van der Waals surface area contributed by atoms with E-state index in [0.29, 0.717) is 5.69 Å². The van der Waals surface area contributed by atoms with Crippen molar-refractivity contribution < 1.29 is 4.74 Å². The smallest absolute Gasteiger partial charge is 0.121 e. The Kier molecular flexibility index (Phi) is 3.71. The average molecular weight is 195 g/mol. The summed E-state index contributed by atoms with van der Waals surface area (Å²) in [6.07, 6.45) is 3.92. The maximum Gasteiger partial charge on any atom is 0.121 e. The van der Waals surface area contributed by atoms with E-state index in [9.17, 15) is 0 Å². The van der Waals surface area contributed by atoms with Crippen LogP contribution in [-0.2, 0) is 0 Å². The summed E-state index contributed by atoms with van der Waals surface area (Å²) in [4.78, 5) is 0. The standard InChI is InChI=1S/C10H13NOS/c1-12-10-6-8(3-2-4-13)5-9(11)7-10/h2-3,5-7,13H,4,11H2,1H3. The molecule has 0 aliphatic rings. The average Bonchev–Trinajstić information content (AvgIpc) is 2.14. The first kappa shape index (κ1) is 9.99. The Balaban J connectivity index is 2.94. The predicted molar refractivity (Wildman–Crippen MR) is 60.3 cm³/mol. The molecule has 0 radical (unpaired) electrons. The molecule has 1 aromatic rings. The number of hydrogen-bond acceptors (Lipinski definition) is 3. The summed E-state index contributed by atoms with van der Waals surface area (Å²) in [7, 11) is 1.63. The lowest BCUT2D eigenvalue weighted by Gasteiger charge is -2.02. The van der Waals surface area contributed by atoms with E-state index in [1.807, 2.05) is 24.3 Å². The molecule has 0 atom stereocenters. The van der Waals surface area contributed by atoms with Gasteiger partial charge in [-0.25, -0.2) is 0 Å². The van der Waals surface area contributed by atoms with Gasteiger partial charge in [-0.2, -0.15) is 12.6 Å². The molecule has 0 spiro atoms. The van der Waals surface area contributed by atoms with Gasteiger partial charge in [0.05, 0.1) is 7.11 Å². The summed E-state index contributed by atoms with van der Waals surface area (Å²) in [6, 6.07) is 5.61. The van der Waals surface area contributed by atoms with Crippen molar-refractivity contribution in [2.75, 3.05) is 18.6 Å². The van der Waals surface area contributed by atoms with Gasteiger partial charge >= 0.3 is 0 Å². The fraction of sp³-hybridized carbons (Fsp3) is 0.200. The fourth-order valence-corrected chi connectivity index (χ4v) is 1.15. The zero-order valence-electron chi connectivity index (χ0n) is 7.53. The van der Waals surface area contributed by atoms with Crippen LogP contribution < -0.4 is 10.5 Å². The molecule has 0 aliphatic heterocycles. The minimum atomic E-state index is 0.707. The minimum absolute atomic E-state index is 0.707. The first-order valence-corrected chi connectivity index (χ1v) is 4.61. The van der Waals surface area contributed by atoms with Crippen molar-refractivity contribution in [1.82, 2.24) is 0 Å². The minimum Gasteiger partial charge on any atom is -0.497 e. The molecule has 0 amide bonds. The Morgan fingerprint density at radius 3 is 2.85 bits per heavy atom. The van der Waals surface area contributed by atoms with Gasteiger partial charge in [-0.15, -0.1) is 0 Å². The molecule has 0 saturated heterocycles. The van der Waals surface area contributed by atoms with Gasteiger partial charge < -0.3 is 10.5 Å². The summed E-state index contributed by atoms with van der Waals surface area (Å²) in [5.74, 6) is 1.50. The third-order valence-corrected chi connectivity index (χ3v) is 1.81. The van der Waals surface area contributed by atoms with Crippen LogP contribution >= 0.6 is 12.6 Å². The largest absolute Gasteiger partial charge is 0.497 e. The number of nitrogens with two attached hydrogens (primary N) is 1. The Morgan fingerprint density at radius 1 is 1.46 bits per heavy atom. The molecule has 0 aromatic heterocycles. The number of ether oxygens (including phenoxy) is 1. The van der Waals surface area contributed by atoms with E-state index >= 15 is 0 Å². The topological polar surface area (TPSA) is 35.2 Å². The van der Waals surface area contributed by atoms with Crippen molar-refractivity contribution in [2.24, 2.45) is 0 Å². The molecule has 70 valence electrons. The zero-order valence-corrected chi connectivity index (χ0v) is 8.42. The summed E-state index contributed by atoms with van der Waals surface area (Å²) in [6.45, 7) is 0. The number of anilines is 1. The Morgan fingerprint density at radius 2 is 2.23 bits per heavy atom. The van der Waals surface area contributed by atoms with Crippen LogP contribution in [0.3, 0.4) is 0 Å². The summed E-state index contributed by atoms with van der Waals surface area (Å²) in [5.41, 5.74) is 7.41. The molecule has 2 N–H and O–H groups in total. The molecule has 13 heavy (non-hydrogen) atoms. The Hall–Kier alpha value is -1.09. The maximum absolute atomic E-state index is 5.67. The van der Waals surface area contributed by atoms with Crippen LogP contribution in [0, 0.1) is 0 Å². The van der Waals surface area contributed by atoms with Gasteiger partial charge in [-0.1, -0.05) is 12.2 Å². The van der Waals surface area contributed by atoms with Gasteiger partial charge in [0.15, 0.2) is 0 Å². The predicted octanol–water partition coefficient (Wildman–Crippen LogP) is 2.22. The van der Waals surface area contributed by atoms with E-state index < -0.39 is 0 Å². The molecule has 2 nitrogen and oxygen atoms in total. The highest BCUT2D eigenvalue weighted by Gasteiger charge is 1.95. The second-order valence-corrected chi connectivity index (χ2v) is 2.99. The zero-order chi connectivity index (χ0) is 9.68. The van der Waals surface area contributed by atoms with Gasteiger partial charge in [0.1, 0.15) is 5.75 Å². The van der Waals surface area contributed by atoms with Crippen LogP contribution in [0.25, 0.3) is 6.08 Å². The van der Waals surface area contributed by atoms with Gasteiger partial charge in [0, 0.05) is 17.5 Å². The van der Waals surface area contributed by atoms with Crippen molar-refractivity contribution in [2.45, 2.75) is 0 Å². The quantitative estimate of drug-likeness (QED) is 0.573. The Labute approximate surface area is 83.8 Å². The highest BCUT2D eigenvalue weighted by atomic mass is 32.1. The highest BCUT2D eigenvalue weighted by molar-refractivity contribution is 7.80. The molecule has 0 saturated carbocycles. The van der Waals surface area contributed by atoms with Crippen LogP contribution in [0.4, 0.5) is 5.69 Å². The van der Waals surface area contributed by atoms with Crippen molar-refractivity contribution in [3.63, 3.8) is 0 Å². The summed E-state index contributed by atoms with van der Waals surface area (Å²) >= 11 is 4.08. The van der Waals surface area contributed by atoms with Crippen LogP contribution in [-0.4, -0.2) is 12.9 Å². The van der Waals surface area contributed by atoms with Crippen LogP contribution in [0.15, 0.2) is 24.3 Å². The SMILES string of the molecule is COc1cc(N)cc(C=CCS)c1. The summed E-state index contributed by atoms with van der Waals surface area (Å²) in [5, 5.41) is 0. The van der Waals surface area contributed by atoms with Crippen molar-refractivity contribution in [3.8, 4) is 5.75 Å². The number of methoxy groups -OCH3 is 1. The number of hydrogen-bond donors (Lipinski definition) is 2. The molecular weight excluding hydrogens is 182 g/mol. The second-order valence-electron chi connectivity index (χ2n) is 2.62. The first-order valence-electron chi connectivity index (χ1n) is 3.98. The normalized spacial score (nSPS) is 10.6. The molecule has 0 fully saturated rings. The van der Waals surface area contributed by atoms with E-state index in [0.717, 1.165) is 17.1 Å². The lowest BCUT2D eigenvalue weighted by Crippen LogP contribution is -1.89. The van der Waals surface area contributed by atoms with Crippen LogP contribution in [0.5, 0.6) is 5.75 Å². The lowest BCUT2D eigenvalue weighted by molar-refractivity contribution is 0.415. The maximum atomic E-state index is 5.67. The number of benzene rings is 1. The summed E-state index contributed by atoms with van der Waals surface area (Å²) < 4.78 is 5.08. The molecule has 1 aromatic carbocycles. The monoisotopic (exact) mass is 195 g/mol. The molecule has 0 heterocycles. The lowest BCUT2D eigenvalue weighted by atomic mass is 10.2. The molecule has 0 unspecified atom stereocenters. The van der Waals surface area contributed by atoms with Gasteiger partial charge in [0.25, 0.3) is 0 Å². The Bertz CT molecular complexity index is 310. The van der Waals surface area contributed by atoms with Gasteiger partial charge in [-0.3, -0.25) is 0 Å². The highest BCUT2D eigenvalue weighted by Crippen LogP contribution is 2.19. The van der Waals surface area contributed by atoms with Crippen LogP contribution in [0.2, 0.25) is 0 Å². The van der Waals surface area contributed by atoms with E-state index in [2.05, 4.69) is 12.6 Å². The van der Waals surface area contributed by atoms with Gasteiger partial charge in [-0.05, 0) is 17.7 Å². The molecule has 3 heteroatoms. The fourth-order valence-electron chi connectivity index (χ4n) is 1.05. The first-order chi connectivity index (χ1) is 6.26.